The first-order chi connectivity index (χ1) is 8.65. The third-order valence-corrected chi connectivity index (χ3v) is 2.19. The van der Waals surface area contributed by atoms with Crippen molar-refractivity contribution in [2.45, 2.75) is 0 Å². The van der Waals surface area contributed by atoms with Crippen LogP contribution in [0.1, 0.15) is 5.76 Å². The number of halogens is 1. The van der Waals surface area contributed by atoms with Crippen molar-refractivity contribution in [1.29, 1.82) is 0 Å². The van der Waals surface area contributed by atoms with Crippen molar-refractivity contribution < 1.29 is 8.81 Å². The van der Waals surface area contributed by atoms with Crippen LogP contribution in [0.25, 0.3) is 11.3 Å². The molecule has 1 aromatic carbocycles. The first-order valence-corrected chi connectivity index (χ1v) is 5.50. The summed E-state index contributed by atoms with van der Waals surface area (Å²) in [4.78, 5) is 0. The summed E-state index contributed by atoms with van der Waals surface area (Å²) in [7, 11) is 0. The van der Waals surface area contributed by atoms with Gasteiger partial charge in [0.2, 0.25) is 0 Å². The number of furan rings is 1. The molecule has 3 N–H and O–H groups in total. The van der Waals surface area contributed by atoms with Crippen molar-refractivity contribution in [2.75, 3.05) is 0 Å². The highest BCUT2D eigenvalue weighted by Crippen LogP contribution is 2.21. The van der Waals surface area contributed by atoms with E-state index in [1.807, 2.05) is 0 Å². The van der Waals surface area contributed by atoms with Crippen molar-refractivity contribution in [1.82, 2.24) is 5.43 Å². The van der Waals surface area contributed by atoms with Gasteiger partial charge in [-0.25, -0.2) is 4.39 Å². The van der Waals surface area contributed by atoms with Crippen LogP contribution in [0.2, 0.25) is 0 Å². The first kappa shape index (κ1) is 12.3. The fraction of sp³-hybridized carbons (Fsp3) is 0. The van der Waals surface area contributed by atoms with Gasteiger partial charge in [-0.3, -0.25) is 5.43 Å². The van der Waals surface area contributed by atoms with Crippen LogP contribution < -0.4 is 11.2 Å². The van der Waals surface area contributed by atoms with Gasteiger partial charge in [0, 0.05) is 5.56 Å². The first-order valence-electron chi connectivity index (χ1n) is 5.09. The van der Waals surface area contributed by atoms with Crippen LogP contribution in [0.15, 0.2) is 45.9 Å². The summed E-state index contributed by atoms with van der Waals surface area (Å²) in [5.41, 5.74) is 8.28. The maximum atomic E-state index is 13.0. The lowest BCUT2D eigenvalue weighted by molar-refractivity contribution is 0.572. The molecule has 0 atom stereocenters. The molecule has 0 unspecified atom stereocenters. The molecule has 0 aliphatic carbocycles. The molecule has 0 saturated heterocycles. The van der Waals surface area contributed by atoms with Crippen LogP contribution in [-0.2, 0) is 0 Å². The predicted octanol–water partition coefficient (Wildman–Crippen LogP) is 2.25. The Morgan fingerprint density at radius 2 is 2.22 bits per heavy atom. The topological polar surface area (TPSA) is 63.5 Å². The summed E-state index contributed by atoms with van der Waals surface area (Å²) in [6, 6.07) is 9.60. The van der Waals surface area contributed by atoms with Gasteiger partial charge in [-0.1, -0.05) is 12.1 Å². The van der Waals surface area contributed by atoms with Crippen molar-refractivity contribution in [3.63, 3.8) is 0 Å². The van der Waals surface area contributed by atoms with Crippen LogP contribution in [-0.4, -0.2) is 11.3 Å². The van der Waals surface area contributed by atoms with Crippen molar-refractivity contribution in [3.8, 4) is 11.3 Å². The van der Waals surface area contributed by atoms with E-state index in [0.717, 1.165) is 0 Å². The number of benzene rings is 1. The van der Waals surface area contributed by atoms with Crippen molar-refractivity contribution in [3.05, 3.63) is 48.0 Å². The van der Waals surface area contributed by atoms with Crippen molar-refractivity contribution in [2.24, 2.45) is 10.8 Å². The van der Waals surface area contributed by atoms with Crippen LogP contribution >= 0.6 is 12.2 Å². The van der Waals surface area contributed by atoms with E-state index in [0.29, 0.717) is 17.1 Å². The van der Waals surface area contributed by atoms with E-state index in [1.54, 1.807) is 24.3 Å². The molecule has 1 heterocycles. The maximum absolute atomic E-state index is 13.0. The van der Waals surface area contributed by atoms with Gasteiger partial charge in [-0.05, 0) is 36.5 Å². The molecule has 0 spiro atoms. The SMILES string of the molecule is NC(=S)NN=Cc1ccc(-c2cccc(F)c2)o1. The third-order valence-electron chi connectivity index (χ3n) is 2.10. The molecule has 0 bridgehead atoms. The molecule has 2 aromatic rings. The fourth-order valence-corrected chi connectivity index (χ4v) is 1.43. The molecule has 0 aliphatic heterocycles. The zero-order chi connectivity index (χ0) is 13.0. The number of hydrogen-bond donors (Lipinski definition) is 2. The molecular formula is C12H10FN3OS. The summed E-state index contributed by atoms with van der Waals surface area (Å²) in [6.45, 7) is 0. The lowest BCUT2D eigenvalue weighted by Crippen LogP contribution is -2.23. The van der Waals surface area contributed by atoms with Crippen LogP contribution in [0.3, 0.4) is 0 Å². The minimum atomic E-state index is -0.311. The lowest BCUT2D eigenvalue weighted by atomic mass is 10.2. The third kappa shape index (κ3) is 3.14. The molecule has 92 valence electrons. The molecule has 6 heteroatoms. The smallest absolute Gasteiger partial charge is 0.184 e. The number of thiocarbonyl (C=S) groups is 1. The molecule has 4 nitrogen and oxygen atoms in total. The molecule has 2 rings (SSSR count). The minimum Gasteiger partial charge on any atom is -0.455 e. The molecule has 0 radical (unpaired) electrons. The Morgan fingerprint density at radius 1 is 1.39 bits per heavy atom. The number of nitrogens with two attached hydrogens (primary N) is 1. The number of hydrazone groups is 1. The van der Waals surface area contributed by atoms with Crippen LogP contribution in [0.5, 0.6) is 0 Å². The lowest BCUT2D eigenvalue weighted by Gasteiger charge is -1.96. The van der Waals surface area contributed by atoms with Crippen molar-refractivity contribution >= 4 is 23.5 Å². The molecular weight excluding hydrogens is 253 g/mol. The minimum absolute atomic E-state index is 0.0724. The van der Waals surface area contributed by atoms with Crippen LogP contribution in [0.4, 0.5) is 4.39 Å². The Balaban J connectivity index is 2.15. The fourth-order valence-electron chi connectivity index (χ4n) is 1.38. The van der Waals surface area contributed by atoms with Gasteiger partial charge < -0.3 is 10.2 Å². The molecule has 0 aliphatic rings. The second-order valence-corrected chi connectivity index (χ2v) is 3.89. The zero-order valence-electron chi connectivity index (χ0n) is 9.26. The van der Waals surface area contributed by atoms with Crippen LogP contribution in [0, 0.1) is 5.82 Å². The quantitative estimate of drug-likeness (QED) is 0.506. The Bertz CT molecular complexity index is 595. The second kappa shape index (κ2) is 5.42. The number of nitrogens with one attached hydrogen (secondary N) is 1. The van der Waals surface area contributed by atoms with E-state index in [2.05, 4.69) is 22.7 Å². The van der Waals surface area contributed by atoms with E-state index in [4.69, 9.17) is 10.2 Å². The average molecular weight is 263 g/mol. The highest BCUT2D eigenvalue weighted by molar-refractivity contribution is 7.80. The molecule has 0 saturated carbocycles. The molecule has 1 aromatic heterocycles. The largest absolute Gasteiger partial charge is 0.455 e. The Labute approximate surface area is 108 Å². The summed E-state index contributed by atoms with van der Waals surface area (Å²) < 4.78 is 18.5. The number of hydrogen-bond acceptors (Lipinski definition) is 3. The normalized spacial score (nSPS) is 10.7. The van der Waals surface area contributed by atoms with E-state index in [-0.39, 0.29) is 10.9 Å². The Hall–Kier alpha value is -2.21. The number of nitrogens with zero attached hydrogens (tertiary/aromatic N) is 1. The van der Waals surface area contributed by atoms with Gasteiger partial charge in [0.25, 0.3) is 0 Å². The van der Waals surface area contributed by atoms with E-state index >= 15 is 0 Å². The summed E-state index contributed by atoms with van der Waals surface area (Å²) in [5.74, 6) is 0.763. The average Bonchev–Trinajstić information content (AvgIpc) is 2.77. The summed E-state index contributed by atoms with van der Waals surface area (Å²) in [5, 5.41) is 3.83. The van der Waals surface area contributed by atoms with E-state index in [1.165, 1.54) is 18.3 Å². The van der Waals surface area contributed by atoms with Gasteiger partial charge in [0.1, 0.15) is 17.3 Å². The van der Waals surface area contributed by atoms with Gasteiger partial charge in [-0.2, -0.15) is 5.10 Å². The highest BCUT2D eigenvalue weighted by Gasteiger charge is 2.04. The monoisotopic (exact) mass is 263 g/mol. The zero-order valence-corrected chi connectivity index (χ0v) is 10.1. The van der Waals surface area contributed by atoms with Gasteiger partial charge in [0.05, 0.1) is 6.21 Å². The van der Waals surface area contributed by atoms with E-state index < -0.39 is 0 Å². The Kier molecular flexibility index (Phi) is 3.69. The summed E-state index contributed by atoms with van der Waals surface area (Å²) >= 11 is 4.59. The molecule has 0 fully saturated rings. The maximum Gasteiger partial charge on any atom is 0.184 e. The molecule has 0 amide bonds. The molecule has 18 heavy (non-hydrogen) atoms. The highest BCUT2D eigenvalue weighted by atomic mass is 32.1. The Morgan fingerprint density at radius 3 is 2.94 bits per heavy atom. The standard InChI is InChI=1S/C12H10FN3OS/c13-9-3-1-2-8(6-9)11-5-4-10(17-11)7-15-16-12(14)18/h1-7H,(H3,14,16,18). The number of rotatable bonds is 3. The van der Waals surface area contributed by atoms with E-state index in [9.17, 15) is 4.39 Å². The van der Waals surface area contributed by atoms with Gasteiger partial charge >= 0.3 is 0 Å². The second-order valence-electron chi connectivity index (χ2n) is 3.45. The van der Waals surface area contributed by atoms with Gasteiger partial charge in [0.15, 0.2) is 5.11 Å². The summed E-state index contributed by atoms with van der Waals surface area (Å²) in [6.07, 6.45) is 1.43. The predicted molar refractivity (Wildman–Crippen MR) is 71.6 cm³/mol. The van der Waals surface area contributed by atoms with Gasteiger partial charge in [-0.15, -0.1) is 0 Å².